The summed E-state index contributed by atoms with van der Waals surface area (Å²) in [6, 6.07) is 3.55. The van der Waals surface area contributed by atoms with Crippen molar-refractivity contribution < 1.29 is 13.6 Å². The number of carbonyl (C=O) groups is 1. The zero-order valence-electron chi connectivity index (χ0n) is 10.4. The van der Waals surface area contributed by atoms with Crippen LogP contribution in [0.1, 0.15) is 30.1 Å². The van der Waals surface area contributed by atoms with Crippen LogP contribution in [0.3, 0.4) is 0 Å². The Morgan fingerprint density at radius 2 is 2.17 bits per heavy atom. The minimum Gasteiger partial charge on any atom is -0.352 e. The van der Waals surface area contributed by atoms with E-state index in [-0.39, 0.29) is 11.5 Å². The third-order valence-corrected chi connectivity index (χ3v) is 2.90. The predicted molar refractivity (Wildman–Crippen MR) is 66.1 cm³/mol. The van der Waals surface area contributed by atoms with Crippen molar-refractivity contribution in [2.75, 3.05) is 13.1 Å². The van der Waals surface area contributed by atoms with E-state index in [1.165, 1.54) is 12.1 Å². The molecule has 1 amide bonds. The highest BCUT2D eigenvalue weighted by atomic mass is 19.2. The van der Waals surface area contributed by atoms with Gasteiger partial charge >= 0.3 is 0 Å². The first kappa shape index (κ1) is 14.6. The van der Waals surface area contributed by atoms with Gasteiger partial charge in [0.25, 0.3) is 5.91 Å². The van der Waals surface area contributed by atoms with Crippen molar-refractivity contribution >= 4 is 5.91 Å². The second kappa shape index (κ2) is 7.06. The van der Waals surface area contributed by atoms with E-state index < -0.39 is 17.5 Å². The van der Waals surface area contributed by atoms with E-state index in [0.29, 0.717) is 13.1 Å². The van der Waals surface area contributed by atoms with Crippen molar-refractivity contribution in [3.8, 4) is 0 Å². The molecule has 0 aliphatic heterocycles. The standard InChI is InChI=1S/C13H18F2N2O/c1-2-9(6-7-16)8-17-13(18)10-4-3-5-11(14)12(10)15/h3-5,9H,2,6-8,16H2,1H3,(H,17,18). The maximum Gasteiger partial charge on any atom is 0.254 e. The summed E-state index contributed by atoms with van der Waals surface area (Å²) in [6.07, 6.45) is 1.67. The summed E-state index contributed by atoms with van der Waals surface area (Å²) in [5.74, 6) is -2.46. The van der Waals surface area contributed by atoms with Gasteiger partial charge in [-0.15, -0.1) is 0 Å². The zero-order chi connectivity index (χ0) is 13.5. The van der Waals surface area contributed by atoms with Crippen molar-refractivity contribution in [1.82, 2.24) is 5.32 Å². The van der Waals surface area contributed by atoms with E-state index in [0.717, 1.165) is 18.9 Å². The molecule has 1 unspecified atom stereocenters. The summed E-state index contributed by atoms with van der Waals surface area (Å²) in [5, 5.41) is 2.60. The molecule has 1 aromatic rings. The third-order valence-electron chi connectivity index (χ3n) is 2.90. The number of benzene rings is 1. The van der Waals surface area contributed by atoms with Crippen molar-refractivity contribution in [3.05, 3.63) is 35.4 Å². The fourth-order valence-corrected chi connectivity index (χ4v) is 1.70. The molecule has 0 aliphatic rings. The summed E-state index contributed by atoms with van der Waals surface area (Å²) in [6.45, 7) is 2.96. The number of hydrogen-bond acceptors (Lipinski definition) is 2. The zero-order valence-corrected chi connectivity index (χ0v) is 10.4. The van der Waals surface area contributed by atoms with Crippen LogP contribution < -0.4 is 11.1 Å². The Hall–Kier alpha value is -1.49. The van der Waals surface area contributed by atoms with Crippen LogP contribution in [0.5, 0.6) is 0 Å². The van der Waals surface area contributed by atoms with Gasteiger partial charge in [0.15, 0.2) is 11.6 Å². The van der Waals surface area contributed by atoms with Gasteiger partial charge in [-0.05, 0) is 31.0 Å². The van der Waals surface area contributed by atoms with Gasteiger partial charge < -0.3 is 11.1 Å². The van der Waals surface area contributed by atoms with Crippen LogP contribution in [0.4, 0.5) is 8.78 Å². The Morgan fingerprint density at radius 1 is 1.44 bits per heavy atom. The minimum absolute atomic E-state index is 0.260. The molecule has 18 heavy (non-hydrogen) atoms. The fraction of sp³-hybridized carbons (Fsp3) is 0.462. The lowest BCUT2D eigenvalue weighted by molar-refractivity contribution is 0.0941. The minimum atomic E-state index is -1.11. The molecule has 1 atom stereocenters. The lowest BCUT2D eigenvalue weighted by Gasteiger charge is -2.14. The van der Waals surface area contributed by atoms with Gasteiger partial charge in [-0.2, -0.15) is 0 Å². The van der Waals surface area contributed by atoms with E-state index in [2.05, 4.69) is 5.32 Å². The second-order valence-corrected chi connectivity index (χ2v) is 4.16. The highest BCUT2D eigenvalue weighted by Crippen LogP contribution is 2.12. The summed E-state index contributed by atoms with van der Waals surface area (Å²) in [7, 11) is 0. The van der Waals surface area contributed by atoms with E-state index in [1.54, 1.807) is 0 Å². The maximum atomic E-state index is 13.4. The predicted octanol–water partition coefficient (Wildman–Crippen LogP) is 2.07. The van der Waals surface area contributed by atoms with Crippen molar-refractivity contribution in [3.63, 3.8) is 0 Å². The monoisotopic (exact) mass is 256 g/mol. The Morgan fingerprint density at radius 3 is 2.78 bits per heavy atom. The van der Waals surface area contributed by atoms with Gasteiger partial charge in [-0.25, -0.2) is 8.78 Å². The molecular weight excluding hydrogens is 238 g/mol. The lowest BCUT2D eigenvalue weighted by Crippen LogP contribution is -2.30. The molecule has 100 valence electrons. The number of amides is 1. The van der Waals surface area contributed by atoms with E-state index >= 15 is 0 Å². The van der Waals surface area contributed by atoms with Gasteiger partial charge in [0.1, 0.15) is 0 Å². The fourth-order valence-electron chi connectivity index (χ4n) is 1.70. The molecule has 3 nitrogen and oxygen atoms in total. The van der Waals surface area contributed by atoms with E-state index in [9.17, 15) is 13.6 Å². The molecule has 3 N–H and O–H groups in total. The number of nitrogens with one attached hydrogen (secondary N) is 1. The Bertz CT molecular complexity index is 410. The number of nitrogens with two attached hydrogens (primary N) is 1. The normalized spacial score (nSPS) is 12.2. The molecular formula is C13H18F2N2O. The lowest BCUT2D eigenvalue weighted by atomic mass is 10.0. The number of rotatable bonds is 6. The summed E-state index contributed by atoms with van der Waals surface area (Å²) >= 11 is 0. The molecule has 0 saturated carbocycles. The quantitative estimate of drug-likeness (QED) is 0.818. The van der Waals surface area contributed by atoms with Crippen molar-refractivity contribution in [2.45, 2.75) is 19.8 Å². The average molecular weight is 256 g/mol. The Balaban J connectivity index is 2.62. The highest BCUT2D eigenvalue weighted by Gasteiger charge is 2.15. The van der Waals surface area contributed by atoms with Crippen LogP contribution in [0, 0.1) is 17.6 Å². The molecule has 0 bridgehead atoms. The molecule has 0 spiro atoms. The van der Waals surface area contributed by atoms with Crippen molar-refractivity contribution in [2.24, 2.45) is 11.7 Å². The number of halogens is 2. The molecule has 0 heterocycles. The van der Waals surface area contributed by atoms with Gasteiger partial charge in [0.2, 0.25) is 0 Å². The molecule has 0 aromatic heterocycles. The average Bonchev–Trinajstić information content (AvgIpc) is 2.37. The van der Waals surface area contributed by atoms with Crippen LogP contribution in [-0.4, -0.2) is 19.0 Å². The van der Waals surface area contributed by atoms with Crippen molar-refractivity contribution in [1.29, 1.82) is 0 Å². The van der Waals surface area contributed by atoms with Gasteiger partial charge in [0, 0.05) is 6.54 Å². The Kier molecular flexibility index (Phi) is 5.71. The number of carbonyl (C=O) groups excluding carboxylic acids is 1. The molecule has 1 rings (SSSR count). The topological polar surface area (TPSA) is 55.1 Å². The van der Waals surface area contributed by atoms with Gasteiger partial charge in [-0.3, -0.25) is 4.79 Å². The van der Waals surface area contributed by atoms with Crippen LogP contribution in [0.25, 0.3) is 0 Å². The number of hydrogen-bond donors (Lipinski definition) is 2. The van der Waals surface area contributed by atoms with E-state index in [1.807, 2.05) is 6.92 Å². The first-order chi connectivity index (χ1) is 8.60. The first-order valence-electron chi connectivity index (χ1n) is 6.02. The van der Waals surface area contributed by atoms with Crippen LogP contribution in [-0.2, 0) is 0 Å². The van der Waals surface area contributed by atoms with E-state index in [4.69, 9.17) is 5.73 Å². The van der Waals surface area contributed by atoms with Gasteiger partial charge in [0.05, 0.1) is 5.56 Å². The molecule has 5 heteroatoms. The van der Waals surface area contributed by atoms with Gasteiger partial charge in [-0.1, -0.05) is 19.4 Å². The smallest absolute Gasteiger partial charge is 0.254 e. The molecule has 0 radical (unpaired) electrons. The summed E-state index contributed by atoms with van der Waals surface area (Å²) in [5.41, 5.74) is 5.18. The third kappa shape index (κ3) is 3.77. The summed E-state index contributed by atoms with van der Waals surface area (Å²) in [4.78, 5) is 11.7. The maximum absolute atomic E-state index is 13.4. The second-order valence-electron chi connectivity index (χ2n) is 4.16. The highest BCUT2D eigenvalue weighted by molar-refractivity contribution is 5.94. The molecule has 0 aliphatic carbocycles. The van der Waals surface area contributed by atoms with Crippen LogP contribution in [0.2, 0.25) is 0 Å². The Labute approximate surface area is 105 Å². The first-order valence-corrected chi connectivity index (χ1v) is 6.02. The summed E-state index contributed by atoms with van der Waals surface area (Å²) < 4.78 is 26.3. The molecule has 0 fully saturated rings. The largest absolute Gasteiger partial charge is 0.352 e. The molecule has 0 saturated heterocycles. The SMILES string of the molecule is CCC(CCN)CNC(=O)c1cccc(F)c1F. The van der Waals surface area contributed by atoms with Crippen LogP contribution in [0.15, 0.2) is 18.2 Å². The van der Waals surface area contributed by atoms with Crippen LogP contribution >= 0.6 is 0 Å². The molecule has 1 aromatic carbocycles.